The molecular weight excluding hydrogens is 448 g/mol. The average molecular weight is 483 g/mol. The Kier molecular flexibility index (Phi) is 9.66. The molecule has 0 heterocycles. The Balaban J connectivity index is 1.49. The summed E-state index contributed by atoms with van der Waals surface area (Å²) in [5, 5.41) is 14.4. The molecule has 3 rings (SSSR count). The van der Waals surface area contributed by atoms with Crippen LogP contribution in [0, 0.1) is 0 Å². The van der Waals surface area contributed by atoms with Gasteiger partial charge in [-0.05, 0) is 42.0 Å². The molecule has 0 saturated carbocycles. The first kappa shape index (κ1) is 26.2. The van der Waals surface area contributed by atoms with Gasteiger partial charge in [-0.3, -0.25) is 9.59 Å². The fourth-order valence-corrected chi connectivity index (χ4v) is 4.44. The van der Waals surface area contributed by atoms with Crippen molar-refractivity contribution < 1.29 is 29.0 Å². The van der Waals surface area contributed by atoms with E-state index in [-0.39, 0.29) is 43.9 Å². The summed E-state index contributed by atoms with van der Waals surface area (Å²) in [6.45, 7) is 4.44. The number of carbonyl (C=O) groups excluding carboxylic acids is 2. The first-order valence-electron chi connectivity index (χ1n) is 12.1. The van der Waals surface area contributed by atoms with Crippen molar-refractivity contribution in [1.29, 1.82) is 0 Å². The highest BCUT2D eigenvalue weighted by atomic mass is 16.5. The quantitative estimate of drug-likeness (QED) is 0.396. The summed E-state index contributed by atoms with van der Waals surface area (Å²) >= 11 is 0. The monoisotopic (exact) mass is 482 g/mol. The van der Waals surface area contributed by atoms with E-state index in [9.17, 15) is 14.4 Å². The molecule has 2 aromatic carbocycles. The number of hydrogen-bond acceptors (Lipinski definition) is 5. The van der Waals surface area contributed by atoms with Crippen molar-refractivity contribution in [2.75, 3.05) is 19.8 Å². The van der Waals surface area contributed by atoms with Gasteiger partial charge in [0.15, 0.2) is 0 Å². The van der Waals surface area contributed by atoms with Gasteiger partial charge in [0.05, 0.1) is 12.5 Å². The van der Waals surface area contributed by atoms with Crippen LogP contribution in [0.25, 0.3) is 11.1 Å². The standard InChI is InChI=1S/C27H34N2O6/c1-3-18(13-14-26(31)32)29-25(30)15-19(34-4-2)16-28-27(33)35-17-24-22-11-7-5-9-20(22)21-10-6-8-12-23(21)24/h5-12,18-19,24H,3-4,13-17H2,1-2H3,(H,28,33)(H,29,30)(H,31,32). The van der Waals surface area contributed by atoms with Crippen molar-refractivity contribution in [1.82, 2.24) is 10.6 Å². The number of nitrogens with one attached hydrogen (secondary N) is 2. The van der Waals surface area contributed by atoms with E-state index in [4.69, 9.17) is 14.6 Å². The maximum absolute atomic E-state index is 12.4. The maximum Gasteiger partial charge on any atom is 0.407 e. The van der Waals surface area contributed by atoms with Gasteiger partial charge in [-0.15, -0.1) is 0 Å². The van der Waals surface area contributed by atoms with Gasteiger partial charge in [-0.25, -0.2) is 4.79 Å². The van der Waals surface area contributed by atoms with Gasteiger partial charge < -0.3 is 25.2 Å². The number of hydrogen-bond donors (Lipinski definition) is 3. The van der Waals surface area contributed by atoms with Gasteiger partial charge in [0.25, 0.3) is 0 Å². The number of ether oxygens (including phenoxy) is 2. The minimum atomic E-state index is -0.891. The Morgan fingerprint density at radius 3 is 2.20 bits per heavy atom. The van der Waals surface area contributed by atoms with Crippen LogP contribution in [-0.2, 0) is 19.1 Å². The van der Waals surface area contributed by atoms with Gasteiger partial charge in [0, 0.05) is 31.5 Å². The van der Waals surface area contributed by atoms with E-state index in [1.807, 2.05) is 38.1 Å². The Bertz CT molecular complexity index is 979. The summed E-state index contributed by atoms with van der Waals surface area (Å²) in [4.78, 5) is 35.7. The fraction of sp³-hybridized carbons (Fsp3) is 0.444. The summed E-state index contributed by atoms with van der Waals surface area (Å²) in [7, 11) is 0. The molecule has 0 aromatic heterocycles. The topological polar surface area (TPSA) is 114 Å². The van der Waals surface area contributed by atoms with E-state index in [1.165, 1.54) is 0 Å². The maximum atomic E-state index is 12.4. The van der Waals surface area contributed by atoms with Crippen LogP contribution in [0.2, 0.25) is 0 Å². The van der Waals surface area contributed by atoms with Crippen LogP contribution in [-0.4, -0.2) is 55.0 Å². The number of aliphatic carboxylic acids is 1. The number of rotatable bonds is 13. The molecule has 2 atom stereocenters. The van der Waals surface area contributed by atoms with E-state index >= 15 is 0 Å². The first-order valence-corrected chi connectivity index (χ1v) is 12.1. The molecule has 0 saturated heterocycles. The number of alkyl carbamates (subject to hydrolysis) is 1. The van der Waals surface area contributed by atoms with Crippen molar-refractivity contribution in [3.63, 3.8) is 0 Å². The summed E-state index contributed by atoms with van der Waals surface area (Å²) < 4.78 is 11.2. The van der Waals surface area contributed by atoms with Crippen LogP contribution in [0.15, 0.2) is 48.5 Å². The van der Waals surface area contributed by atoms with Gasteiger partial charge in [0.2, 0.25) is 5.91 Å². The Hall–Kier alpha value is -3.39. The lowest BCUT2D eigenvalue weighted by atomic mass is 9.98. The lowest BCUT2D eigenvalue weighted by Gasteiger charge is -2.21. The zero-order chi connectivity index (χ0) is 25.2. The molecule has 0 fully saturated rings. The largest absolute Gasteiger partial charge is 0.481 e. The third kappa shape index (κ3) is 7.29. The lowest BCUT2D eigenvalue weighted by Crippen LogP contribution is -2.41. The van der Waals surface area contributed by atoms with Crippen LogP contribution in [0.1, 0.15) is 56.6 Å². The van der Waals surface area contributed by atoms with E-state index in [2.05, 4.69) is 34.9 Å². The van der Waals surface area contributed by atoms with Crippen LogP contribution in [0.5, 0.6) is 0 Å². The molecule has 2 amide bonds. The number of benzene rings is 2. The molecular formula is C27H34N2O6. The molecule has 1 aliphatic rings. The predicted molar refractivity (Wildman–Crippen MR) is 132 cm³/mol. The second-order valence-electron chi connectivity index (χ2n) is 8.59. The highest BCUT2D eigenvalue weighted by molar-refractivity contribution is 5.79. The number of fused-ring (bicyclic) bond motifs is 3. The molecule has 8 nitrogen and oxygen atoms in total. The Labute approximate surface area is 206 Å². The molecule has 8 heteroatoms. The number of carbonyl (C=O) groups is 3. The Morgan fingerprint density at radius 2 is 1.63 bits per heavy atom. The molecule has 3 N–H and O–H groups in total. The SMILES string of the molecule is CCOC(CNC(=O)OCC1c2ccccc2-c2ccccc21)CC(=O)NC(CC)CCC(=O)O. The second kappa shape index (κ2) is 12.9. The summed E-state index contributed by atoms with van der Waals surface area (Å²) in [5.74, 6) is -1.16. The minimum Gasteiger partial charge on any atom is -0.481 e. The third-order valence-corrected chi connectivity index (χ3v) is 6.20. The fourth-order valence-electron chi connectivity index (χ4n) is 4.44. The van der Waals surface area contributed by atoms with Gasteiger partial charge in [-0.1, -0.05) is 55.5 Å². The number of carboxylic acid groups (broad SMARTS) is 1. The second-order valence-corrected chi connectivity index (χ2v) is 8.59. The van der Waals surface area contributed by atoms with Crippen molar-refractivity contribution in [2.24, 2.45) is 0 Å². The van der Waals surface area contributed by atoms with Gasteiger partial charge in [0.1, 0.15) is 6.61 Å². The molecule has 188 valence electrons. The molecule has 2 unspecified atom stereocenters. The molecule has 35 heavy (non-hydrogen) atoms. The van der Waals surface area contributed by atoms with Crippen LogP contribution in [0.4, 0.5) is 4.79 Å². The molecule has 0 spiro atoms. The number of carboxylic acids is 1. The van der Waals surface area contributed by atoms with E-state index < -0.39 is 18.2 Å². The first-order chi connectivity index (χ1) is 16.9. The molecule has 2 aromatic rings. The van der Waals surface area contributed by atoms with E-state index in [1.54, 1.807) is 0 Å². The zero-order valence-corrected chi connectivity index (χ0v) is 20.3. The van der Waals surface area contributed by atoms with Gasteiger partial charge >= 0.3 is 12.1 Å². The normalized spacial score (nSPS) is 13.9. The van der Waals surface area contributed by atoms with Crippen molar-refractivity contribution in [2.45, 2.75) is 57.6 Å². The highest BCUT2D eigenvalue weighted by Gasteiger charge is 2.29. The molecule has 0 radical (unpaired) electrons. The van der Waals surface area contributed by atoms with Crippen molar-refractivity contribution in [3.05, 3.63) is 59.7 Å². The van der Waals surface area contributed by atoms with Crippen LogP contribution in [0.3, 0.4) is 0 Å². The summed E-state index contributed by atoms with van der Waals surface area (Å²) in [5.41, 5.74) is 4.60. The lowest BCUT2D eigenvalue weighted by molar-refractivity contribution is -0.137. The van der Waals surface area contributed by atoms with Crippen molar-refractivity contribution in [3.8, 4) is 11.1 Å². The Morgan fingerprint density at radius 1 is 1.00 bits per heavy atom. The average Bonchev–Trinajstić information content (AvgIpc) is 3.17. The molecule has 0 aliphatic heterocycles. The van der Waals surface area contributed by atoms with Gasteiger partial charge in [-0.2, -0.15) is 0 Å². The van der Waals surface area contributed by atoms with Crippen LogP contribution < -0.4 is 10.6 Å². The zero-order valence-electron chi connectivity index (χ0n) is 20.3. The predicted octanol–water partition coefficient (Wildman–Crippen LogP) is 4.08. The van der Waals surface area contributed by atoms with E-state index in [0.29, 0.717) is 19.4 Å². The number of amides is 2. The van der Waals surface area contributed by atoms with E-state index in [0.717, 1.165) is 22.3 Å². The summed E-state index contributed by atoms with van der Waals surface area (Å²) in [6.07, 6.45) is -0.0224. The minimum absolute atomic E-state index is 0.00296. The van der Waals surface area contributed by atoms with Crippen molar-refractivity contribution >= 4 is 18.0 Å². The van der Waals surface area contributed by atoms with Crippen LogP contribution >= 0.6 is 0 Å². The smallest absolute Gasteiger partial charge is 0.407 e. The molecule has 1 aliphatic carbocycles. The summed E-state index contributed by atoms with van der Waals surface area (Å²) in [6, 6.07) is 16.1. The molecule has 0 bridgehead atoms. The highest BCUT2D eigenvalue weighted by Crippen LogP contribution is 2.44. The third-order valence-electron chi connectivity index (χ3n) is 6.20.